The Morgan fingerprint density at radius 1 is 1.48 bits per heavy atom. The highest BCUT2D eigenvalue weighted by atomic mass is 35.5. The van der Waals surface area contributed by atoms with Crippen molar-refractivity contribution in [3.63, 3.8) is 0 Å². The van der Waals surface area contributed by atoms with Gasteiger partial charge < -0.3 is 15.0 Å². The molecule has 1 aromatic carbocycles. The summed E-state index contributed by atoms with van der Waals surface area (Å²) in [5.41, 5.74) is 0.539. The Hall–Kier alpha value is -1.75. The number of hydrogen-bond acceptors (Lipinski definition) is 3. The lowest BCUT2D eigenvalue weighted by atomic mass is 10.1. The number of hydrogen-bond donors (Lipinski definition) is 1. The SMILES string of the molecule is CCOc1c(Cl)cccc1NC(=O)[C@H]1CC(=O)N(CC)C1. The van der Waals surface area contributed by atoms with Crippen LogP contribution in [0.5, 0.6) is 5.75 Å². The molecule has 2 rings (SSSR count). The molecule has 0 radical (unpaired) electrons. The molecule has 1 heterocycles. The molecule has 6 heteroatoms. The van der Waals surface area contributed by atoms with Crippen LogP contribution >= 0.6 is 11.6 Å². The standard InChI is InChI=1S/C15H19ClN2O3/c1-3-18-9-10(8-13(18)19)15(20)17-12-7-5-6-11(16)14(12)21-4-2/h5-7,10H,3-4,8-9H2,1-2H3,(H,17,20)/t10-/m0/s1. The number of likely N-dealkylation sites (tertiary alicyclic amines) is 1. The molecule has 1 fully saturated rings. The van der Waals surface area contributed by atoms with E-state index < -0.39 is 0 Å². The number of benzene rings is 1. The highest BCUT2D eigenvalue weighted by Gasteiger charge is 2.33. The van der Waals surface area contributed by atoms with Gasteiger partial charge in [0.05, 0.1) is 23.2 Å². The second-order valence-electron chi connectivity index (χ2n) is 4.87. The number of amides is 2. The van der Waals surface area contributed by atoms with Gasteiger partial charge in [0.2, 0.25) is 11.8 Å². The lowest BCUT2D eigenvalue weighted by molar-refractivity contribution is -0.128. The van der Waals surface area contributed by atoms with Crippen LogP contribution in [0.1, 0.15) is 20.3 Å². The fourth-order valence-electron chi connectivity index (χ4n) is 2.39. The average molecular weight is 311 g/mol. The number of carbonyl (C=O) groups excluding carboxylic acids is 2. The molecule has 0 spiro atoms. The Kier molecular flexibility index (Phi) is 5.07. The average Bonchev–Trinajstić information content (AvgIpc) is 2.84. The minimum absolute atomic E-state index is 0.0220. The zero-order valence-electron chi connectivity index (χ0n) is 12.2. The van der Waals surface area contributed by atoms with Crippen LogP contribution in [0.4, 0.5) is 5.69 Å². The second kappa shape index (κ2) is 6.80. The van der Waals surface area contributed by atoms with E-state index in [0.29, 0.717) is 36.2 Å². The molecule has 0 aromatic heterocycles. The second-order valence-corrected chi connectivity index (χ2v) is 5.28. The smallest absolute Gasteiger partial charge is 0.229 e. The van der Waals surface area contributed by atoms with Gasteiger partial charge in [0.15, 0.2) is 5.75 Å². The van der Waals surface area contributed by atoms with Gasteiger partial charge in [-0.1, -0.05) is 17.7 Å². The first-order valence-electron chi connectivity index (χ1n) is 7.06. The summed E-state index contributed by atoms with van der Waals surface area (Å²) in [5, 5.41) is 3.27. The maximum Gasteiger partial charge on any atom is 0.229 e. The molecule has 2 amide bonds. The molecule has 5 nitrogen and oxygen atoms in total. The first kappa shape index (κ1) is 15.6. The third-order valence-corrected chi connectivity index (χ3v) is 3.78. The molecule has 1 atom stereocenters. The molecule has 0 saturated carbocycles. The molecule has 0 unspecified atom stereocenters. The summed E-state index contributed by atoms with van der Waals surface area (Å²) in [6, 6.07) is 5.20. The number of rotatable bonds is 5. The molecule has 1 aliphatic heterocycles. The number of para-hydroxylation sites is 1. The van der Waals surface area contributed by atoms with Gasteiger partial charge in [-0.2, -0.15) is 0 Å². The summed E-state index contributed by atoms with van der Waals surface area (Å²) in [4.78, 5) is 25.7. The summed E-state index contributed by atoms with van der Waals surface area (Å²) in [6.45, 7) is 5.31. The first-order valence-corrected chi connectivity index (χ1v) is 7.44. The van der Waals surface area contributed by atoms with Crippen LogP contribution in [0.2, 0.25) is 5.02 Å². The molecular weight excluding hydrogens is 292 g/mol. The maximum absolute atomic E-state index is 12.3. The van der Waals surface area contributed by atoms with Crippen molar-refractivity contribution < 1.29 is 14.3 Å². The third kappa shape index (κ3) is 3.47. The lowest BCUT2D eigenvalue weighted by Gasteiger charge is -2.16. The molecule has 0 aliphatic carbocycles. The quantitative estimate of drug-likeness (QED) is 0.909. The van der Waals surface area contributed by atoms with E-state index in [-0.39, 0.29) is 24.2 Å². The van der Waals surface area contributed by atoms with Crippen molar-refractivity contribution in [1.29, 1.82) is 0 Å². The van der Waals surface area contributed by atoms with Gasteiger partial charge in [0.25, 0.3) is 0 Å². The predicted molar refractivity (Wildman–Crippen MR) is 81.6 cm³/mol. The summed E-state index contributed by atoms with van der Waals surface area (Å²) in [5.74, 6) is -0.0195. The minimum Gasteiger partial charge on any atom is -0.490 e. The zero-order chi connectivity index (χ0) is 15.4. The van der Waals surface area contributed by atoms with Gasteiger partial charge in [0, 0.05) is 19.5 Å². The lowest BCUT2D eigenvalue weighted by Crippen LogP contribution is -2.28. The largest absolute Gasteiger partial charge is 0.490 e. The zero-order valence-corrected chi connectivity index (χ0v) is 12.9. The van der Waals surface area contributed by atoms with E-state index in [9.17, 15) is 9.59 Å². The topological polar surface area (TPSA) is 58.6 Å². The third-order valence-electron chi connectivity index (χ3n) is 3.48. The van der Waals surface area contributed by atoms with Crippen LogP contribution < -0.4 is 10.1 Å². The van der Waals surface area contributed by atoms with Gasteiger partial charge in [-0.15, -0.1) is 0 Å². The van der Waals surface area contributed by atoms with E-state index >= 15 is 0 Å². The molecule has 0 bridgehead atoms. The van der Waals surface area contributed by atoms with Gasteiger partial charge >= 0.3 is 0 Å². The first-order chi connectivity index (χ1) is 10.1. The van der Waals surface area contributed by atoms with Gasteiger partial charge in [-0.05, 0) is 26.0 Å². The number of anilines is 1. The summed E-state index contributed by atoms with van der Waals surface area (Å²) < 4.78 is 5.47. The van der Waals surface area contributed by atoms with E-state index in [0.717, 1.165) is 0 Å². The normalized spacial score (nSPS) is 18.0. The number of nitrogens with one attached hydrogen (secondary N) is 1. The van der Waals surface area contributed by atoms with Crippen molar-refractivity contribution in [3.8, 4) is 5.75 Å². The highest BCUT2D eigenvalue weighted by molar-refractivity contribution is 6.32. The highest BCUT2D eigenvalue weighted by Crippen LogP contribution is 2.33. The van der Waals surface area contributed by atoms with E-state index in [4.69, 9.17) is 16.3 Å². The van der Waals surface area contributed by atoms with Crippen molar-refractivity contribution in [2.75, 3.05) is 25.0 Å². The minimum atomic E-state index is -0.328. The van der Waals surface area contributed by atoms with E-state index in [1.807, 2.05) is 13.8 Å². The van der Waals surface area contributed by atoms with Crippen molar-refractivity contribution in [2.24, 2.45) is 5.92 Å². The van der Waals surface area contributed by atoms with Crippen molar-refractivity contribution in [3.05, 3.63) is 23.2 Å². The van der Waals surface area contributed by atoms with E-state index in [2.05, 4.69) is 5.32 Å². The molecule has 21 heavy (non-hydrogen) atoms. The number of ether oxygens (including phenoxy) is 1. The van der Waals surface area contributed by atoms with Crippen LogP contribution in [-0.2, 0) is 9.59 Å². The molecule has 1 aromatic rings. The Bertz CT molecular complexity index is 548. The molecule has 1 aliphatic rings. The number of nitrogens with zero attached hydrogens (tertiary/aromatic N) is 1. The fourth-order valence-corrected chi connectivity index (χ4v) is 2.62. The summed E-state index contributed by atoms with van der Waals surface area (Å²) in [7, 11) is 0. The maximum atomic E-state index is 12.3. The van der Waals surface area contributed by atoms with Crippen LogP contribution in [0.15, 0.2) is 18.2 Å². The Labute approximate surface area is 129 Å². The van der Waals surface area contributed by atoms with Crippen LogP contribution in [0.25, 0.3) is 0 Å². The summed E-state index contributed by atoms with van der Waals surface area (Å²) in [6.07, 6.45) is 0.254. The Morgan fingerprint density at radius 2 is 2.24 bits per heavy atom. The molecule has 1 N–H and O–H groups in total. The van der Waals surface area contributed by atoms with Crippen LogP contribution in [-0.4, -0.2) is 36.4 Å². The summed E-state index contributed by atoms with van der Waals surface area (Å²) >= 11 is 6.08. The van der Waals surface area contributed by atoms with Gasteiger partial charge in [-0.25, -0.2) is 0 Å². The fraction of sp³-hybridized carbons (Fsp3) is 0.467. The number of halogens is 1. The van der Waals surface area contributed by atoms with Crippen molar-refractivity contribution in [2.45, 2.75) is 20.3 Å². The van der Waals surface area contributed by atoms with Gasteiger partial charge in [0.1, 0.15) is 0 Å². The molecule has 114 valence electrons. The molecular formula is C15H19ClN2O3. The van der Waals surface area contributed by atoms with Crippen LogP contribution in [0.3, 0.4) is 0 Å². The Balaban J connectivity index is 2.10. The Morgan fingerprint density at radius 3 is 2.86 bits per heavy atom. The van der Waals surface area contributed by atoms with E-state index in [1.54, 1.807) is 23.1 Å². The van der Waals surface area contributed by atoms with Crippen LogP contribution in [0, 0.1) is 5.92 Å². The number of carbonyl (C=O) groups is 2. The van der Waals surface area contributed by atoms with E-state index in [1.165, 1.54) is 0 Å². The molecule has 1 saturated heterocycles. The van der Waals surface area contributed by atoms with Crippen molar-refractivity contribution >= 4 is 29.1 Å². The van der Waals surface area contributed by atoms with Gasteiger partial charge in [-0.3, -0.25) is 9.59 Å². The monoisotopic (exact) mass is 310 g/mol. The predicted octanol–water partition coefficient (Wildman–Crippen LogP) is 2.55. The van der Waals surface area contributed by atoms with Crippen molar-refractivity contribution in [1.82, 2.24) is 4.90 Å².